The lowest BCUT2D eigenvalue weighted by Gasteiger charge is -2.30. The fourth-order valence-electron chi connectivity index (χ4n) is 7.44. The molecule has 4 aromatic heterocycles. The standard InChI is InChI=1S/C39H37F3N8O4/c40-25-4-10-31(34(20-25)54-17-16-47-14-12-43-13-15-47)24-2-1-3-30(18-24)49-36-32(19-27(42)21-44-36)38(52)50(39(49)53)29-8-6-28(7-9-29)45-37(51)33-23-48-22-26(41)5-11-35(48)46-33/h1-5,10-11,18-23,28-29,43H,6-9,12-17H2,(H,45,51)/t28-,29+. The summed E-state index contributed by atoms with van der Waals surface area (Å²) in [6.07, 6.45) is 5.34. The quantitative estimate of drug-likeness (QED) is 0.223. The van der Waals surface area contributed by atoms with E-state index >= 15 is 0 Å². The molecule has 1 aliphatic carbocycles. The molecule has 0 unspecified atom stereocenters. The zero-order valence-electron chi connectivity index (χ0n) is 29.2. The smallest absolute Gasteiger partial charge is 0.337 e. The average molecular weight is 739 g/mol. The van der Waals surface area contributed by atoms with E-state index in [1.807, 2.05) is 6.07 Å². The Balaban J connectivity index is 1.07. The van der Waals surface area contributed by atoms with Gasteiger partial charge in [0.05, 0.1) is 17.3 Å². The van der Waals surface area contributed by atoms with Gasteiger partial charge in [-0.2, -0.15) is 0 Å². The largest absolute Gasteiger partial charge is 0.491 e. The third kappa shape index (κ3) is 7.11. The number of carbonyl (C=O) groups excluding carboxylic acids is 1. The summed E-state index contributed by atoms with van der Waals surface area (Å²) < 4.78 is 52.7. The number of aromatic nitrogens is 5. The average Bonchev–Trinajstić information content (AvgIpc) is 3.60. The summed E-state index contributed by atoms with van der Waals surface area (Å²) in [7, 11) is 0. The number of fused-ring (bicyclic) bond motifs is 2. The highest BCUT2D eigenvalue weighted by Crippen LogP contribution is 2.33. The zero-order chi connectivity index (χ0) is 37.3. The number of piperazine rings is 1. The van der Waals surface area contributed by atoms with E-state index in [9.17, 15) is 27.6 Å². The minimum absolute atomic E-state index is 0.000291. The molecule has 2 aromatic carbocycles. The van der Waals surface area contributed by atoms with Crippen LogP contribution in [0.1, 0.15) is 42.2 Å². The number of ether oxygens (including phenoxy) is 1. The van der Waals surface area contributed by atoms with Crippen LogP contribution in [0.2, 0.25) is 0 Å². The summed E-state index contributed by atoms with van der Waals surface area (Å²) in [4.78, 5) is 52.1. The summed E-state index contributed by atoms with van der Waals surface area (Å²) >= 11 is 0. The molecule has 6 aromatic rings. The van der Waals surface area contributed by atoms with Gasteiger partial charge in [-0.05, 0) is 73.7 Å². The first-order chi connectivity index (χ1) is 26.2. The fourth-order valence-corrected chi connectivity index (χ4v) is 7.44. The van der Waals surface area contributed by atoms with Crippen LogP contribution in [0.25, 0.3) is 33.5 Å². The van der Waals surface area contributed by atoms with Gasteiger partial charge in [0, 0.05) is 68.8 Å². The number of carbonyl (C=O) groups is 1. The van der Waals surface area contributed by atoms with Crippen LogP contribution in [0, 0.1) is 17.5 Å². The van der Waals surface area contributed by atoms with Crippen LogP contribution in [0.3, 0.4) is 0 Å². The Labute approximate surface area is 306 Å². The highest BCUT2D eigenvalue weighted by molar-refractivity contribution is 5.93. The number of benzene rings is 2. The molecule has 0 bridgehead atoms. The molecule has 1 saturated heterocycles. The number of rotatable bonds is 9. The number of pyridine rings is 2. The minimum atomic E-state index is -0.722. The van der Waals surface area contributed by atoms with Crippen molar-refractivity contribution < 1.29 is 22.7 Å². The molecule has 5 heterocycles. The van der Waals surface area contributed by atoms with Gasteiger partial charge in [-0.25, -0.2) is 32.5 Å². The van der Waals surface area contributed by atoms with E-state index < -0.39 is 40.6 Å². The van der Waals surface area contributed by atoms with Gasteiger partial charge in [-0.1, -0.05) is 12.1 Å². The lowest BCUT2D eigenvalue weighted by atomic mass is 9.90. The van der Waals surface area contributed by atoms with E-state index in [0.717, 1.165) is 43.0 Å². The van der Waals surface area contributed by atoms with Gasteiger partial charge in [-0.15, -0.1) is 0 Å². The van der Waals surface area contributed by atoms with Crippen LogP contribution in [0.15, 0.2) is 88.8 Å². The van der Waals surface area contributed by atoms with Gasteiger partial charge in [0.25, 0.3) is 11.5 Å². The summed E-state index contributed by atoms with van der Waals surface area (Å²) in [5, 5.41) is 6.23. The second-order valence-electron chi connectivity index (χ2n) is 13.7. The number of amides is 1. The number of nitrogens with one attached hydrogen (secondary N) is 2. The first kappa shape index (κ1) is 35.2. The van der Waals surface area contributed by atoms with Crippen LogP contribution in [0.4, 0.5) is 13.2 Å². The molecule has 15 heteroatoms. The van der Waals surface area contributed by atoms with Gasteiger partial charge in [-0.3, -0.25) is 19.1 Å². The Bertz CT molecular complexity index is 2490. The summed E-state index contributed by atoms with van der Waals surface area (Å²) in [6.45, 7) is 4.63. The third-order valence-corrected chi connectivity index (χ3v) is 10.2. The molecule has 2 aliphatic rings. The highest BCUT2D eigenvalue weighted by atomic mass is 19.1. The van der Waals surface area contributed by atoms with Crippen LogP contribution in [-0.4, -0.2) is 79.7 Å². The normalized spacial score (nSPS) is 17.9. The molecule has 0 radical (unpaired) electrons. The van der Waals surface area contributed by atoms with Gasteiger partial charge in [0.15, 0.2) is 5.65 Å². The second-order valence-corrected chi connectivity index (χ2v) is 13.7. The van der Waals surface area contributed by atoms with Crippen molar-refractivity contribution in [2.24, 2.45) is 0 Å². The number of nitrogens with zero attached hydrogens (tertiary/aromatic N) is 6. The van der Waals surface area contributed by atoms with E-state index in [2.05, 4.69) is 25.5 Å². The fraction of sp³-hybridized carbons (Fsp3) is 0.308. The monoisotopic (exact) mass is 738 g/mol. The molecular weight excluding hydrogens is 701 g/mol. The molecule has 8 rings (SSSR count). The molecular formula is C39H37F3N8O4. The molecule has 0 spiro atoms. The number of hydrogen-bond acceptors (Lipinski definition) is 8. The molecule has 2 fully saturated rings. The Morgan fingerprint density at radius 3 is 2.52 bits per heavy atom. The van der Waals surface area contributed by atoms with Crippen molar-refractivity contribution in [2.45, 2.75) is 37.8 Å². The Morgan fingerprint density at radius 1 is 0.907 bits per heavy atom. The lowest BCUT2D eigenvalue weighted by molar-refractivity contribution is 0.0917. The van der Waals surface area contributed by atoms with E-state index in [1.54, 1.807) is 24.3 Å². The van der Waals surface area contributed by atoms with Crippen molar-refractivity contribution >= 4 is 22.6 Å². The topological polar surface area (TPSA) is 128 Å². The summed E-state index contributed by atoms with van der Waals surface area (Å²) in [6, 6.07) is 14.3. The second kappa shape index (κ2) is 14.9. The van der Waals surface area contributed by atoms with E-state index in [4.69, 9.17) is 4.74 Å². The molecule has 1 saturated carbocycles. The maximum absolute atomic E-state index is 14.6. The van der Waals surface area contributed by atoms with Crippen LogP contribution in [-0.2, 0) is 0 Å². The summed E-state index contributed by atoms with van der Waals surface area (Å²) in [5.41, 5.74) is 0.900. The molecule has 0 atom stereocenters. The Morgan fingerprint density at radius 2 is 1.70 bits per heavy atom. The van der Waals surface area contributed by atoms with Gasteiger partial charge >= 0.3 is 5.69 Å². The zero-order valence-corrected chi connectivity index (χ0v) is 29.2. The van der Waals surface area contributed by atoms with Crippen LogP contribution < -0.4 is 26.6 Å². The maximum atomic E-state index is 14.6. The van der Waals surface area contributed by atoms with Crippen molar-refractivity contribution in [2.75, 3.05) is 39.3 Å². The van der Waals surface area contributed by atoms with E-state index in [-0.39, 0.29) is 22.8 Å². The first-order valence-corrected chi connectivity index (χ1v) is 18.0. The van der Waals surface area contributed by atoms with Gasteiger partial charge < -0.3 is 19.8 Å². The molecule has 1 aliphatic heterocycles. The van der Waals surface area contributed by atoms with Crippen molar-refractivity contribution in [3.8, 4) is 22.6 Å². The SMILES string of the molecule is O=C(N[C@H]1CC[C@@H](n2c(=O)c3cc(F)cnc3n(-c3cccc(-c4ccc(F)cc4OCCN4CCNCC4)c3)c2=O)CC1)c1cn2cc(F)ccc2n1. The molecule has 1 amide bonds. The van der Waals surface area contributed by atoms with Crippen molar-refractivity contribution in [1.29, 1.82) is 0 Å². The molecule has 278 valence electrons. The van der Waals surface area contributed by atoms with E-state index in [1.165, 1.54) is 45.6 Å². The third-order valence-electron chi connectivity index (χ3n) is 10.2. The van der Waals surface area contributed by atoms with E-state index in [0.29, 0.717) is 67.0 Å². The van der Waals surface area contributed by atoms with Gasteiger partial charge in [0.2, 0.25) is 0 Å². The van der Waals surface area contributed by atoms with Crippen molar-refractivity contribution in [1.82, 2.24) is 39.0 Å². The van der Waals surface area contributed by atoms with Gasteiger partial charge in [0.1, 0.15) is 41.1 Å². The Hall–Kier alpha value is -5.80. The number of imidazole rings is 1. The number of halogens is 3. The Kier molecular flexibility index (Phi) is 9.73. The van der Waals surface area contributed by atoms with Crippen molar-refractivity contribution in [3.63, 3.8) is 0 Å². The number of hydrogen-bond donors (Lipinski definition) is 2. The maximum Gasteiger partial charge on any atom is 0.337 e. The predicted octanol–water partition coefficient (Wildman–Crippen LogP) is 4.48. The molecule has 54 heavy (non-hydrogen) atoms. The minimum Gasteiger partial charge on any atom is -0.491 e. The molecule has 2 N–H and O–H groups in total. The first-order valence-electron chi connectivity index (χ1n) is 18.0. The predicted molar refractivity (Wildman–Crippen MR) is 196 cm³/mol. The van der Waals surface area contributed by atoms with Crippen molar-refractivity contribution in [3.05, 3.63) is 123 Å². The molecule has 12 nitrogen and oxygen atoms in total. The highest BCUT2D eigenvalue weighted by Gasteiger charge is 2.29. The van der Waals surface area contributed by atoms with Crippen LogP contribution >= 0.6 is 0 Å². The summed E-state index contributed by atoms with van der Waals surface area (Å²) in [5.74, 6) is -1.69. The van der Waals surface area contributed by atoms with Crippen LogP contribution in [0.5, 0.6) is 5.75 Å². The lowest BCUT2D eigenvalue weighted by Crippen LogP contribution is -2.45.